The Kier molecular flexibility index (Phi) is 5.84. The number of carbonyl (C=O) groups excluding carboxylic acids is 2. The number of likely N-dealkylation sites (tertiary alicyclic amines) is 2. The molecule has 3 amide bonds. The van der Waals surface area contributed by atoms with Gasteiger partial charge in [-0.05, 0) is 32.1 Å². The Labute approximate surface area is 150 Å². The fourth-order valence-electron chi connectivity index (χ4n) is 4.24. The number of piperidine rings is 1. The van der Waals surface area contributed by atoms with Gasteiger partial charge in [0, 0.05) is 52.3 Å². The van der Waals surface area contributed by atoms with E-state index < -0.39 is 0 Å². The highest BCUT2D eigenvalue weighted by molar-refractivity contribution is 5.76. The van der Waals surface area contributed by atoms with Crippen LogP contribution >= 0.6 is 0 Å². The monoisotopic (exact) mass is 353 g/mol. The second kappa shape index (κ2) is 7.91. The summed E-state index contributed by atoms with van der Waals surface area (Å²) in [4.78, 5) is 30.1. The van der Waals surface area contributed by atoms with Gasteiger partial charge in [0.1, 0.15) is 6.61 Å². The lowest BCUT2D eigenvalue weighted by Gasteiger charge is -2.50. The summed E-state index contributed by atoms with van der Waals surface area (Å²) in [5.41, 5.74) is -0.182. The first-order valence-corrected chi connectivity index (χ1v) is 9.45. The van der Waals surface area contributed by atoms with E-state index in [1.54, 1.807) is 14.1 Å². The number of amides is 3. The van der Waals surface area contributed by atoms with Gasteiger partial charge in [-0.1, -0.05) is 0 Å². The number of carbonyl (C=O) groups is 2. The Morgan fingerprint density at radius 2 is 1.92 bits per heavy atom. The van der Waals surface area contributed by atoms with Gasteiger partial charge in [0.15, 0.2) is 0 Å². The van der Waals surface area contributed by atoms with Crippen molar-refractivity contribution in [2.45, 2.75) is 38.2 Å². The molecule has 2 atom stereocenters. The normalized spacial score (nSPS) is 29.4. The Morgan fingerprint density at radius 1 is 1.16 bits per heavy atom. The zero-order valence-corrected chi connectivity index (χ0v) is 15.5. The summed E-state index contributed by atoms with van der Waals surface area (Å²) in [6, 6.07) is 0.158. The third-order valence-corrected chi connectivity index (χ3v) is 5.75. The first-order chi connectivity index (χ1) is 12.0. The van der Waals surface area contributed by atoms with E-state index in [4.69, 9.17) is 9.47 Å². The highest BCUT2D eigenvalue weighted by atomic mass is 16.5. The van der Waals surface area contributed by atoms with Gasteiger partial charge in [0.2, 0.25) is 5.91 Å². The van der Waals surface area contributed by atoms with Crippen molar-refractivity contribution in [2.75, 3.05) is 60.1 Å². The van der Waals surface area contributed by atoms with Crippen LogP contribution in [0.5, 0.6) is 0 Å². The van der Waals surface area contributed by atoms with Crippen LogP contribution in [0.25, 0.3) is 0 Å². The molecule has 3 rings (SSSR count). The van der Waals surface area contributed by atoms with Crippen LogP contribution in [0.15, 0.2) is 0 Å². The van der Waals surface area contributed by atoms with Gasteiger partial charge < -0.3 is 24.2 Å². The van der Waals surface area contributed by atoms with Crippen molar-refractivity contribution in [3.63, 3.8) is 0 Å². The molecule has 0 saturated carbocycles. The van der Waals surface area contributed by atoms with Gasteiger partial charge in [-0.15, -0.1) is 0 Å². The van der Waals surface area contributed by atoms with Crippen molar-refractivity contribution in [3.05, 3.63) is 0 Å². The minimum atomic E-state index is -0.182. The van der Waals surface area contributed by atoms with Gasteiger partial charge in [-0.3, -0.25) is 4.79 Å². The molecule has 7 heteroatoms. The number of fused-ring (bicyclic) bond motifs is 1. The Bertz CT molecular complexity index is 493. The van der Waals surface area contributed by atoms with E-state index >= 15 is 0 Å². The summed E-state index contributed by atoms with van der Waals surface area (Å²) >= 11 is 0. The van der Waals surface area contributed by atoms with E-state index in [0.29, 0.717) is 13.2 Å². The van der Waals surface area contributed by atoms with Crippen molar-refractivity contribution in [3.8, 4) is 0 Å². The van der Waals surface area contributed by atoms with Crippen LogP contribution in [0.4, 0.5) is 4.79 Å². The fraction of sp³-hybridized carbons (Fsp3) is 0.889. The molecule has 7 nitrogen and oxygen atoms in total. The Balaban J connectivity index is 1.63. The highest BCUT2D eigenvalue weighted by Gasteiger charge is 2.47. The summed E-state index contributed by atoms with van der Waals surface area (Å²) in [5, 5.41) is 0. The topological polar surface area (TPSA) is 62.3 Å². The molecule has 3 saturated heterocycles. The van der Waals surface area contributed by atoms with Crippen LogP contribution in [-0.2, 0) is 14.3 Å². The first kappa shape index (κ1) is 18.5. The first-order valence-electron chi connectivity index (χ1n) is 9.45. The zero-order chi connectivity index (χ0) is 17.9. The fourth-order valence-corrected chi connectivity index (χ4v) is 4.24. The molecule has 3 aliphatic heterocycles. The predicted molar refractivity (Wildman–Crippen MR) is 93.3 cm³/mol. The van der Waals surface area contributed by atoms with E-state index in [1.807, 2.05) is 9.80 Å². The van der Waals surface area contributed by atoms with Gasteiger partial charge in [-0.2, -0.15) is 0 Å². The predicted octanol–water partition coefficient (Wildman–Crippen LogP) is 1.18. The molecule has 0 spiro atoms. The maximum Gasteiger partial charge on any atom is 0.320 e. The molecule has 0 unspecified atom stereocenters. The molecule has 3 heterocycles. The maximum absolute atomic E-state index is 12.8. The zero-order valence-electron chi connectivity index (χ0n) is 15.5. The van der Waals surface area contributed by atoms with Crippen LogP contribution in [0.2, 0.25) is 0 Å². The minimum Gasteiger partial charge on any atom is -0.377 e. The average Bonchev–Trinajstić information content (AvgIpc) is 3.15. The Morgan fingerprint density at radius 3 is 2.64 bits per heavy atom. The standard InChI is InChI=1S/C18H31N3O4/c1-19(2)16(22)12-24-14-18-7-5-11-25-15(18)6-10-21(13-18)17(23)20-8-3-4-9-20/h15H,3-14H2,1-2H3/t15-,18-/m0/s1. The number of rotatable bonds is 4. The molecule has 142 valence electrons. The van der Waals surface area contributed by atoms with E-state index in [9.17, 15) is 9.59 Å². The number of urea groups is 1. The molecule has 0 aliphatic carbocycles. The third kappa shape index (κ3) is 4.08. The summed E-state index contributed by atoms with van der Waals surface area (Å²) in [7, 11) is 3.46. The number of ether oxygens (including phenoxy) is 2. The van der Waals surface area contributed by atoms with Crippen molar-refractivity contribution < 1.29 is 19.1 Å². The van der Waals surface area contributed by atoms with Gasteiger partial charge in [-0.25, -0.2) is 4.79 Å². The van der Waals surface area contributed by atoms with Crippen molar-refractivity contribution in [2.24, 2.45) is 5.41 Å². The highest BCUT2D eigenvalue weighted by Crippen LogP contribution is 2.40. The maximum atomic E-state index is 12.8. The van der Waals surface area contributed by atoms with Crippen molar-refractivity contribution in [1.29, 1.82) is 0 Å². The Hall–Kier alpha value is -1.34. The largest absolute Gasteiger partial charge is 0.377 e. The quantitative estimate of drug-likeness (QED) is 0.761. The lowest BCUT2D eigenvalue weighted by Crippen LogP contribution is -2.59. The SMILES string of the molecule is CN(C)C(=O)COC[C@@]12CCCO[C@H]1CCN(C(=O)N1CCCC1)C2. The number of nitrogens with zero attached hydrogens (tertiary/aromatic N) is 3. The molecule has 0 aromatic carbocycles. The van der Waals surface area contributed by atoms with Crippen molar-refractivity contribution >= 4 is 11.9 Å². The molecule has 0 aromatic heterocycles. The van der Waals surface area contributed by atoms with Gasteiger partial charge in [0.25, 0.3) is 0 Å². The molecule has 3 fully saturated rings. The molecular formula is C18H31N3O4. The number of hydrogen-bond acceptors (Lipinski definition) is 4. The number of likely N-dealkylation sites (N-methyl/N-ethyl adjacent to an activating group) is 1. The summed E-state index contributed by atoms with van der Waals surface area (Å²) in [5.74, 6) is -0.0366. The van der Waals surface area contributed by atoms with E-state index in [-0.39, 0.29) is 30.1 Å². The molecular weight excluding hydrogens is 322 g/mol. The van der Waals surface area contributed by atoms with Crippen LogP contribution in [-0.4, -0.2) is 92.8 Å². The van der Waals surface area contributed by atoms with E-state index in [2.05, 4.69) is 0 Å². The molecule has 0 N–H and O–H groups in total. The van der Waals surface area contributed by atoms with Crippen LogP contribution in [0.3, 0.4) is 0 Å². The molecule has 0 radical (unpaired) electrons. The minimum absolute atomic E-state index is 0.0366. The van der Waals surface area contributed by atoms with Crippen molar-refractivity contribution in [1.82, 2.24) is 14.7 Å². The molecule has 0 aromatic rings. The summed E-state index contributed by atoms with van der Waals surface area (Å²) in [6.07, 6.45) is 5.15. The third-order valence-electron chi connectivity index (χ3n) is 5.75. The second-order valence-corrected chi connectivity index (χ2v) is 7.79. The van der Waals surface area contributed by atoms with Crippen LogP contribution in [0.1, 0.15) is 32.1 Å². The summed E-state index contributed by atoms with van der Waals surface area (Å²) in [6.45, 7) is 4.50. The van der Waals surface area contributed by atoms with E-state index in [1.165, 1.54) is 4.90 Å². The number of hydrogen-bond donors (Lipinski definition) is 0. The lowest BCUT2D eigenvalue weighted by molar-refractivity contribution is -0.155. The smallest absolute Gasteiger partial charge is 0.320 e. The molecule has 25 heavy (non-hydrogen) atoms. The summed E-state index contributed by atoms with van der Waals surface area (Å²) < 4.78 is 11.8. The van der Waals surface area contributed by atoms with E-state index in [0.717, 1.165) is 58.3 Å². The second-order valence-electron chi connectivity index (χ2n) is 7.79. The lowest BCUT2D eigenvalue weighted by atomic mass is 9.73. The molecule has 0 bridgehead atoms. The van der Waals surface area contributed by atoms with Gasteiger partial charge in [0.05, 0.1) is 12.7 Å². The van der Waals surface area contributed by atoms with Crippen LogP contribution in [0, 0.1) is 5.41 Å². The van der Waals surface area contributed by atoms with Crippen LogP contribution < -0.4 is 0 Å². The van der Waals surface area contributed by atoms with Gasteiger partial charge >= 0.3 is 6.03 Å². The molecule has 3 aliphatic rings. The average molecular weight is 353 g/mol.